The zero-order chi connectivity index (χ0) is 15.7. The second-order valence-corrected chi connectivity index (χ2v) is 6.89. The number of nitrogens with one attached hydrogen (secondary N) is 1. The van der Waals surface area contributed by atoms with Crippen LogP contribution < -0.4 is 5.32 Å². The number of ketones is 1. The van der Waals surface area contributed by atoms with Crippen molar-refractivity contribution in [1.82, 2.24) is 5.32 Å². The van der Waals surface area contributed by atoms with Crippen LogP contribution in [0, 0.1) is 0 Å². The maximum Gasteiger partial charge on any atom is 0.416 e. The minimum atomic E-state index is -4.52. The summed E-state index contributed by atoms with van der Waals surface area (Å²) in [5, 5.41) is 2.90. The number of sulfone groups is 1. The summed E-state index contributed by atoms with van der Waals surface area (Å²) in [6.45, 7) is 0.663. The van der Waals surface area contributed by atoms with Gasteiger partial charge in [0.2, 0.25) is 0 Å². The SMILES string of the molecule is O=C(CS(=O)(=O)c1ccc(C(F)(F)F)cc1)[C@@H]1CCCN1. The Kier molecular flexibility index (Phi) is 4.38. The highest BCUT2D eigenvalue weighted by atomic mass is 32.2. The Labute approximate surface area is 120 Å². The highest BCUT2D eigenvalue weighted by Gasteiger charge is 2.31. The van der Waals surface area contributed by atoms with Gasteiger partial charge in [-0.1, -0.05) is 0 Å². The van der Waals surface area contributed by atoms with E-state index >= 15 is 0 Å². The van der Waals surface area contributed by atoms with Crippen molar-refractivity contribution >= 4 is 15.6 Å². The van der Waals surface area contributed by atoms with E-state index in [1.54, 1.807) is 0 Å². The van der Waals surface area contributed by atoms with E-state index in [9.17, 15) is 26.4 Å². The zero-order valence-corrected chi connectivity index (χ0v) is 11.8. The zero-order valence-electron chi connectivity index (χ0n) is 11.0. The maximum atomic E-state index is 12.4. The molecule has 8 heteroatoms. The van der Waals surface area contributed by atoms with Crippen molar-refractivity contribution in [2.24, 2.45) is 0 Å². The standard InChI is InChI=1S/C13H14F3NO3S/c14-13(15,16)9-3-5-10(6-4-9)21(19,20)8-12(18)11-2-1-7-17-11/h3-6,11,17H,1-2,7-8H2/t11-/m0/s1. The Morgan fingerprint density at radius 2 is 1.86 bits per heavy atom. The monoisotopic (exact) mass is 321 g/mol. The van der Waals surface area contributed by atoms with Crippen molar-refractivity contribution in [2.75, 3.05) is 12.3 Å². The number of hydrogen-bond acceptors (Lipinski definition) is 4. The third-order valence-corrected chi connectivity index (χ3v) is 4.98. The van der Waals surface area contributed by atoms with Crippen molar-refractivity contribution in [3.63, 3.8) is 0 Å². The van der Waals surface area contributed by atoms with Crippen molar-refractivity contribution in [1.29, 1.82) is 0 Å². The van der Waals surface area contributed by atoms with E-state index in [2.05, 4.69) is 5.32 Å². The minimum absolute atomic E-state index is 0.276. The Balaban J connectivity index is 2.14. The molecule has 1 aliphatic rings. The lowest BCUT2D eigenvalue weighted by Gasteiger charge is -2.10. The van der Waals surface area contributed by atoms with Crippen LogP contribution in [0.4, 0.5) is 13.2 Å². The molecule has 2 rings (SSSR count). The average molecular weight is 321 g/mol. The van der Waals surface area contributed by atoms with E-state index in [-0.39, 0.29) is 4.90 Å². The number of halogens is 3. The molecule has 116 valence electrons. The van der Waals surface area contributed by atoms with Crippen LogP contribution in [0.15, 0.2) is 29.2 Å². The van der Waals surface area contributed by atoms with Crippen molar-refractivity contribution < 1.29 is 26.4 Å². The van der Waals surface area contributed by atoms with Gasteiger partial charge in [-0.05, 0) is 43.7 Å². The van der Waals surface area contributed by atoms with Gasteiger partial charge in [-0.3, -0.25) is 4.79 Å². The summed E-state index contributed by atoms with van der Waals surface area (Å²) in [7, 11) is -3.92. The molecule has 1 fully saturated rings. The number of benzene rings is 1. The lowest BCUT2D eigenvalue weighted by Crippen LogP contribution is -2.35. The van der Waals surface area contributed by atoms with Crippen molar-refractivity contribution in [3.05, 3.63) is 29.8 Å². The van der Waals surface area contributed by atoms with Gasteiger partial charge in [0, 0.05) is 0 Å². The summed E-state index contributed by atoms with van der Waals surface area (Å²) >= 11 is 0. The highest BCUT2D eigenvalue weighted by molar-refractivity contribution is 7.92. The molecule has 1 N–H and O–H groups in total. The van der Waals surface area contributed by atoms with Gasteiger partial charge in [0.1, 0.15) is 5.75 Å². The molecule has 0 aliphatic carbocycles. The summed E-state index contributed by atoms with van der Waals surface area (Å²) in [6.07, 6.45) is -3.13. The second-order valence-electron chi connectivity index (χ2n) is 4.90. The van der Waals surface area contributed by atoms with E-state index in [4.69, 9.17) is 0 Å². The quantitative estimate of drug-likeness (QED) is 0.918. The third-order valence-electron chi connectivity index (χ3n) is 3.32. The van der Waals surface area contributed by atoms with Gasteiger partial charge in [-0.25, -0.2) is 8.42 Å². The number of carbonyl (C=O) groups is 1. The molecular formula is C13H14F3NO3S. The molecule has 0 radical (unpaired) electrons. The topological polar surface area (TPSA) is 63.2 Å². The van der Waals surface area contributed by atoms with Crippen LogP contribution in [0.25, 0.3) is 0 Å². The van der Waals surface area contributed by atoms with Gasteiger partial charge < -0.3 is 5.32 Å². The second kappa shape index (κ2) is 5.76. The van der Waals surface area contributed by atoms with Crippen LogP contribution in [-0.4, -0.2) is 32.5 Å². The van der Waals surface area contributed by atoms with Gasteiger partial charge in [0.15, 0.2) is 15.6 Å². The predicted molar refractivity (Wildman–Crippen MR) is 69.5 cm³/mol. The number of hydrogen-bond donors (Lipinski definition) is 1. The van der Waals surface area contributed by atoms with Crippen LogP contribution in [0.1, 0.15) is 18.4 Å². The first-order valence-corrected chi connectivity index (χ1v) is 8.01. The fourth-order valence-corrected chi connectivity index (χ4v) is 3.48. The van der Waals surface area contributed by atoms with Crippen molar-refractivity contribution in [3.8, 4) is 0 Å². The van der Waals surface area contributed by atoms with Crippen LogP contribution in [0.2, 0.25) is 0 Å². The molecule has 1 atom stereocenters. The fraction of sp³-hybridized carbons (Fsp3) is 0.462. The number of alkyl halides is 3. The molecule has 1 heterocycles. The first-order chi connectivity index (χ1) is 9.70. The van der Waals surface area contributed by atoms with E-state index in [1.807, 2.05) is 0 Å². The van der Waals surface area contributed by atoms with E-state index in [0.29, 0.717) is 25.1 Å². The predicted octanol–water partition coefficient (Wildman–Crippen LogP) is 1.80. The smallest absolute Gasteiger partial charge is 0.307 e. The van der Waals surface area contributed by atoms with Crippen LogP contribution >= 0.6 is 0 Å². The van der Waals surface area contributed by atoms with Crippen molar-refractivity contribution in [2.45, 2.75) is 30.0 Å². The van der Waals surface area contributed by atoms with Gasteiger partial charge in [-0.15, -0.1) is 0 Å². The average Bonchev–Trinajstić information content (AvgIpc) is 2.91. The molecule has 0 aromatic heterocycles. The summed E-state index contributed by atoms with van der Waals surface area (Å²) in [4.78, 5) is 11.6. The molecule has 4 nitrogen and oxygen atoms in total. The Morgan fingerprint density at radius 1 is 1.24 bits per heavy atom. The van der Waals surface area contributed by atoms with Crippen LogP contribution in [-0.2, 0) is 20.8 Å². The number of Topliss-reactive ketones (excluding diaryl/α,β-unsaturated/α-hetero) is 1. The lowest BCUT2D eigenvalue weighted by atomic mass is 10.2. The van der Waals surface area contributed by atoms with E-state index in [0.717, 1.165) is 18.6 Å². The van der Waals surface area contributed by atoms with E-state index < -0.39 is 39.2 Å². The van der Waals surface area contributed by atoms with Crippen LogP contribution in [0.5, 0.6) is 0 Å². The normalized spacial score (nSPS) is 19.7. The molecule has 0 bridgehead atoms. The molecule has 1 aromatic rings. The first-order valence-electron chi connectivity index (χ1n) is 6.36. The Morgan fingerprint density at radius 3 is 2.33 bits per heavy atom. The van der Waals surface area contributed by atoms with Gasteiger partial charge >= 0.3 is 6.18 Å². The fourth-order valence-electron chi connectivity index (χ4n) is 2.18. The Hall–Kier alpha value is -1.41. The van der Waals surface area contributed by atoms with Gasteiger partial charge in [0.25, 0.3) is 0 Å². The molecule has 0 unspecified atom stereocenters. The summed E-state index contributed by atoms with van der Waals surface area (Å²) in [5.74, 6) is -1.15. The molecular weight excluding hydrogens is 307 g/mol. The summed E-state index contributed by atoms with van der Waals surface area (Å²) < 4.78 is 61.3. The lowest BCUT2D eigenvalue weighted by molar-refractivity contribution is -0.137. The Bertz CT molecular complexity index is 617. The largest absolute Gasteiger partial charge is 0.416 e. The molecule has 1 saturated heterocycles. The third kappa shape index (κ3) is 3.82. The van der Waals surface area contributed by atoms with Gasteiger partial charge in [0.05, 0.1) is 16.5 Å². The summed E-state index contributed by atoms with van der Waals surface area (Å²) in [6, 6.07) is 2.69. The van der Waals surface area contributed by atoms with Crippen LogP contribution in [0.3, 0.4) is 0 Å². The highest BCUT2D eigenvalue weighted by Crippen LogP contribution is 2.29. The summed E-state index contributed by atoms with van der Waals surface area (Å²) in [5.41, 5.74) is -0.926. The molecule has 1 aromatic carbocycles. The molecule has 1 aliphatic heterocycles. The maximum absolute atomic E-state index is 12.4. The molecule has 21 heavy (non-hydrogen) atoms. The molecule has 0 saturated carbocycles. The van der Waals surface area contributed by atoms with Gasteiger partial charge in [-0.2, -0.15) is 13.2 Å². The minimum Gasteiger partial charge on any atom is -0.307 e. The van der Waals surface area contributed by atoms with E-state index in [1.165, 1.54) is 0 Å². The first kappa shape index (κ1) is 16.0. The molecule has 0 spiro atoms. The number of carbonyl (C=O) groups excluding carboxylic acids is 1. The molecule has 0 amide bonds. The number of rotatable bonds is 4.